The van der Waals surface area contributed by atoms with Gasteiger partial charge in [-0.25, -0.2) is 4.39 Å². The number of nitrogens with zero attached hydrogens (tertiary/aromatic N) is 1. The number of hydrogen-bond donors (Lipinski definition) is 0. The molecular weight excluding hydrogens is 229 g/mol. The summed E-state index contributed by atoms with van der Waals surface area (Å²) < 4.78 is 13.4. The number of benzene rings is 1. The number of Topliss-reactive ketones (excluding diaryl/α,β-unsaturated/α-hetero) is 1. The first kappa shape index (κ1) is 11.8. The molecule has 18 heavy (non-hydrogen) atoms. The summed E-state index contributed by atoms with van der Waals surface area (Å²) in [4.78, 5) is 14.3. The fourth-order valence-electron chi connectivity index (χ4n) is 3.36. The number of carbonyl (C=O) groups is 1. The molecule has 2 fully saturated rings. The fourth-order valence-corrected chi connectivity index (χ4v) is 3.36. The minimum absolute atomic E-state index is 0.132. The highest BCUT2D eigenvalue weighted by Gasteiger charge is 2.38. The summed E-state index contributed by atoms with van der Waals surface area (Å²) in [5, 5.41) is 0. The average molecular weight is 247 g/mol. The van der Waals surface area contributed by atoms with E-state index < -0.39 is 0 Å². The van der Waals surface area contributed by atoms with Crippen LogP contribution in [0, 0.1) is 11.7 Å². The summed E-state index contributed by atoms with van der Waals surface area (Å²) in [6, 6.07) is 7.16. The summed E-state index contributed by atoms with van der Waals surface area (Å²) >= 11 is 0. The maximum Gasteiger partial charge on any atom is 0.151 e. The number of ketones is 1. The molecule has 0 radical (unpaired) electrons. The van der Waals surface area contributed by atoms with Crippen LogP contribution in [0.15, 0.2) is 24.3 Å². The van der Waals surface area contributed by atoms with Crippen LogP contribution in [0.25, 0.3) is 0 Å². The molecule has 1 aliphatic heterocycles. The molecule has 2 aliphatic rings. The summed E-state index contributed by atoms with van der Waals surface area (Å²) in [7, 11) is 0. The largest absolute Gasteiger partial charge is 0.298 e. The Morgan fingerprint density at radius 1 is 1.33 bits per heavy atom. The van der Waals surface area contributed by atoms with Gasteiger partial charge in [0.2, 0.25) is 0 Å². The van der Waals surface area contributed by atoms with E-state index >= 15 is 0 Å². The van der Waals surface area contributed by atoms with E-state index in [0.29, 0.717) is 18.2 Å². The van der Waals surface area contributed by atoms with Crippen LogP contribution < -0.4 is 0 Å². The van der Waals surface area contributed by atoms with Crippen molar-refractivity contribution in [2.24, 2.45) is 5.92 Å². The summed E-state index contributed by atoms with van der Waals surface area (Å²) in [6.07, 6.45) is 4.04. The lowest BCUT2D eigenvalue weighted by Crippen LogP contribution is -2.37. The lowest BCUT2D eigenvalue weighted by molar-refractivity contribution is -0.120. The zero-order chi connectivity index (χ0) is 12.5. The first-order valence-electron chi connectivity index (χ1n) is 6.71. The number of rotatable bonds is 4. The van der Waals surface area contributed by atoms with Crippen LogP contribution in [0.3, 0.4) is 0 Å². The Morgan fingerprint density at radius 3 is 2.83 bits per heavy atom. The second kappa shape index (κ2) is 4.81. The number of piperidine rings is 1. The average Bonchev–Trinajstić information content (AvgIpc) is 2.94. The molecular formula is C15H18FNO. The summed E-state index contributed by atoms with van der Waals surface area (Å²) in [5.41, 5.74) is 0.520. The van der Waals surface area contributed by atoms with E-state index in [1.54, 1.807) is 18.2 Å². The minimum Gasteiger partial charge on any atom is -0.298 e. The predicted molar refractivity (Wildman–Crippen MR) is 67.8 cm³/mol. The van der Waals surface area contributed by atoms with Crippen LogP contribution in [0.4, 0.5) is 4.39 Å². The normalized spacial score (nSPS) is 26.7. The Bertz CT molecular complexity index is 460. The molecule has 0 N–H and O–H groups in total. The highest BCUT2D eigenvalue weighted by Crippen LogP contribution is 2.37. The van der Waals surface area contributed by atoms with Gasteiger partial charge in [0, 0.05) is 19.0 Å². The lowest BCUT2D eigenvalue weighted by Gasteiger charge is -2.25. The van der Waals surface area contributed by atoms with Crippen molar-refractivity contribution in [2.75, 3.05) is 13.1 Å². The molecule has 1 aromatic rings. The maximum atomic E-state index is 13.4. The Kier molecular flexibility index (Phi) is 3.16. The molecule has 1 aromatic carbocycles. The fraction of sp³-hybridized carbons (Fsp3) is 0.533. The third-order valence-electron chi connectivity index (χ3n) is 4.25. The van der Waals surface area contributed by atoms with Gasteiger partial charge in [0.15, 0.2) is 5.78 Å². The van der Waals surface area contributed by atoms with Crippen molar-refractivity contribution in [1.82, 2.24) is 4.90 Å². The second-order valence-electron chi connectivity index (χ2n) is 5.57. The van der Waals surface area contributed by atoms with Gasteiger partial charge in [-0.15, -0.1) is 0 Å². The van der Waals surface area contributed by atoms with Crippen LogP contribution in [0.5, 0.6) is 0 Å². The van der Waals surface area contributed by atoms with Gasteiger partial charge in [-0.3, -0.25) is 9.69 Å². The SMILES string of the molecule is O=C(Cc1ccccc1F)CN1CC2CCC1C2. The molecule has 96 valence electrons. The van der Waals surface area contributed by atoms with Crippen molar-refractivity contribution in [2.45, 2.75) is 31.7 Å². The van der Waals surface area contributed by atoms with Crippen LogP contribution >= 0.6 is 0 Å². The van der Waals surface area contributed by atoms with Crippen LogP contribution in [-0.2, 0) is 11.2 Å². The molecule has 2 bridgehead atoms. The molecule has 1 saturated carbocycles. The molecule has 2 unspecified atom stereocenters. The summed E-state index contributed by atoms with van der Waals surface area (Å²) in [6.45, 7) is 1.56. The third-order valence-corrected chi connectivity index (χ3v) is 4.25. The Hall–Kier alpha value is -1.22. The standard InChI is InChI=1S/C15H18FNO/c16-15-4-2-1-3-12(15)8-14(18)10-17-9-11-5-6-13(17)7-11/h1-4,11,13H,5-10H2. The van der Waals surface area contributed by atoms with Gasteiger partial charge in [-0.1, -0.05) is 18.2 Å². The number of hydrogen-bond acceptors (Lipinski definition) is 2. The topological polar surface area (TPSA) is 20.3 Å². The van der Waals surface area contributed by atoms with Gasteiger partial charge >= 0.3 is 0 Å². The highest BCUT2D eigenvalue weighted by atomic mass is 19.1. The third kappa shape index (κ3) is 2.32. The molecule has 2 nitrogen and oxygen atoms in total. The molecule has 0 amide bonds. The number of fused-ring (bicyclic) bond motifs is 2. The van der Waals surface area contributed by atoms with Crippen molar-refractivity contribution in [3.05, 3.63) is 35.6 Å². The molecule has 1 heterocycles. The van der Waals surface area contributed by atoms with Gasteiger partial charge < -0.3 is 0 Å². The van der Waals surface area contributed by atoms with Gasteiger partial charge in [0.1, 0.15) is 5.82 Å². The van der Waals surface area contributed by atoms with Crippen molar-refractivity contribution in [3.63, 3.8) is 0 Å². The Morgan fingerprint density at radius 2 is 2.17 bits per heavy atom. The molecule has 3 rings (SSSR count). The predicted octanol–water partition coefficient (Wildman–Crippen LogP) is 2.42. The number of carbonyl (C=O) groups excluding carboxylic acids is 1. The molecule has 2 atom stereocenters. The lowest BCUT2D eigenvalue weighted by atomic mass is 10.1. The van der Waals surface area contributed by atoms with Gasteiger partial charge in [0.05, 0.1) is 6.54 Å². The highest BCUT2D eigenvalue weighted by molar-refractivity contribution is 5.82. The quantitative estimate of drug-likeness (QED) is 0.814. The van der Waals surface area contributed by atoms with Crippen molar-refractivity contribution >= 4 is 5.78 Å². The van der Waals surface area contributed by atoms with Crippen LogP contribution in [0.1, 0.15) is 24.8 Å². The van der Waals surface area contributed by atoms with Gasteiger partial charge in [-0.05, 0) is 36.8 Å². The van der Waals surface area contributed by atoms with E-state index in [9.17, 15) is 9.18 Å². The van der Waals surface area contributed by atoms with E-state index in [2.05, 4.69) is 4.90 Å². The summed E-state index contributed by atoms with van der Waals surface area (Å²) in [5.74, 6) is 0.665. The zero-order valence-corrected chi connectivity index (χ0v) is 10.4. The van der Waals surface area contributed by atoms with Gasteiger partial charge in [-0.2, -0.15) is 0 Å². The second-order valence-corrected chi connectivity index (χ2v) is 5.57. The molecule has 0 aromatic heterocycles. The zero-order valence-electron chi connectivity index (χ0n) is 10.4. The van der Waals surface area contributed by atoms with E-state index in [1.165, 1.54) is 25.3 Å². The van der Waals surface area contributed by atoms with Crippen molar-refractivity contribution in [3.8, 4) is 0 Å². The van der Waals surface area contributed by atoms with Crippen molar-refractivity contribution in [1.29, 1.82) is 0 Å². The van der Waals surface area contributed by atoms with E-state index in [1.807, 2.05) is 0 Å². The molecule has 1 saturated heterocycles. The van der Waals surface area contributed by atoms with Gasteiger partial charge in [0.25, 0.3) is 0 Å². The first-order chi connectivity index (χ1) is 8.72. The number of likely N-dealkylation sites (tertiary alicyclic amines) is 1. The van der Waals surface area contributed by atoms with E-state index in [0.717, 1.165) is 12.5 Å². The Balaban J connectivity index is 1.58. The number of halogens is 1. The molecule has 1 aliphatic carbocycles. The maximum absolute atomic E-state index is 13.4. The minimum atomic E-state index is -0.270. The molecule has 0 spiro atoms. The van der Waals surface area contributed by atoms with E-state index in [-0.39, 0.29) is 18.0 Å². The van der Waals surface area contributed by atoms with E-state index in [4.69, 9.17) is 0 Å². The molecule has 3 heteroatoms. The Labute approximate surface area is 107 Å². The van der Waals surface area contributed by atoms with Crippen LogP contribution in [-0.4, -0.2) is 29.8 Å². The monoisotopic (exact) mass is 247 g/mol. The first-order valence-corrected chi connectivity index (χ1v) is 6.71. The smallest absolute Gasteiger partial charge is 0.151 e. The van der Waals surface area contributed by atoms with Crippen LogP contribution in [0.2, 0.25) is 0 Å². The van der Waals surface area contributed by atoms with Crippen molar-refractivity contribution < 1.29 is 9.18 Å².